The minimum absolute atomic E-state index is 0.111. The number of methoxy groups -OCH3 is 1. The molecule has 0 aromatic carbocycles. The Hall–Kier alpha value is -3.64. The van der Waals surface area contributed by atoms with E-state index < -0.39 is 71.2 Å². The minimum Gasteiger partial charge on any atom is -0.467 e. The van der Waals surface area contributed by atoms with Crippen LogP contribution in [-0.4, -0.2) is 94.8 Å². The topological polar surface area (TPSA) is 158 Å². The molecular formula is C32H47N3O10. The molecule has 3 fully saturated rings. The van der Waals surface area contributed by atoms with E-state index in [-0.39, 0.29) is 25.5 Å². The fraction of sp³-hybridized carbons (Fsp3) is 0.750. The molecule has 2 aliphatic carbocycles. The Morgan fingerprint density at radius 3 is 2.27 bits per heavy atom. The predicted octanol–water partition coefficient (Wildman–Crippen LogP) is 3.77. The van der Waals surface area contributed by atoms with E-state index in [1.165, 1.54) is 18.9 Å². The van der Waals surface area contributed by atoms with E-state index in [2.05, 4.69) is 5.32 Å². The van der Waals surface area contributed by atoms with Crippen LogP contribution in [0.15, 0.2) is 12.2 Å². The van der Waals surface area contributed by atoms with Gasteiger partial charge in [-0.2, -0.15) is 0 Å². The summed E-state index contributed by atoms with van der Waals surface area (Å²) in [6, 6.07) is -2.31. The summed E-state index contributed by atoms with van der Waals surface area (Å²) in [5.74, 6) is -3.30. The molecule has 4 amide bonds. The Kier molecular flexibility index (Phi) is 10.8. The van der Waals surface area contributed by atoms with E-state index in [0.717, 1.165) is 43.4 Å². The molecule has 0 bridgehead atoms. The summed E-state index contributed by atoms with van der Waals surface area (Å²) in [5.41, 5.74) is -2.67. The highest BCUT2D eigenvalue weighted by Crippen LogP contribution is 2.52. The Morgan fingerprint density at radius 2 is 1.62 bits per heavy atom. The summed E-state index contributed by atoms with van der Waals surface area (Å²) in [4.78, 5) is 82.7. The van der Waals surface area contributed by atoms with Gasteiger partial charge in [-0.3, -0.25) is 14.4 Å². The summed E-state index contributed by atoms with van der Waals surface area (Å²) in [6.07, 6.45) is 7.54. The maximum absolute atomic E-state index is 14.5. The zero-order chi connectivity index (χ0) is 32.9. The van der Waals surface area contributed by atoms with Crippen LogP contribution >= 0.6 is 0 Å². The highest BCUT2D eigenvalue weighted by atomic mass is 16.6. The Morgan fingerprint density at radius 1 is 0.933 bits per heavy atom. The second kappa shape index (κ2) is 14.2. The summed E-state index contributed by atoms with van der Waals surface area (Å²) in [6.45, 7) is 6.01. The molecule has 2 heterocycles. The van der Waals surface area contributed by atoms with Crippen molar-refractivity contribution < 1.29 is 47.7 Å². The summed E-state index contributed by atoms with van der Waals surface area (Å²) in [7, 11) is 1.19. The molecule has 250 valence electrons. The molecular weight excluding hydrogens is 586 g/mol. The molecule has 4 rings (SSSR count). The van der Waals surface area contributed by atoms with Gasteiger partial charge >= 0.3 is 24.1 Å². The third-order valence-corrected chi connectivity index (χ3v) is 8.78. The number of nitrogens with zero attached hydrogens (tertiary/aromatic N) is 2. The molecule has 1 saturated heterocycles. The van der Waals surface area contributed by atoms with Gasteiger partial charge in [-0.05, 0) is 72.1 Å². The second-order valence-corrected chi connectivity index (χ2v) is 13.4. The number of fused-ring (bicyclic) bond motifs is 2. The Labute approximate surface area is 264 Å². The van der Waals surface area contributed by atoms with Gasteiger partial charge in [0, 0.05) is 19.3 Å². The summed E-state index contributed by atoms with van der Waals surface area (Å²) < 4.78 is 21.7. The van der Waals surface area contributed by atoms with Gasteiger partial charge in [0.05, 0.1) is 13.7 Å². The number of allylic oxidation sites excluding steroid dienone is 1. The first kappa shape index (κ1) is 34.2. The lowest BCUT2D eigenvalue weighted by atomic mass is 10.0. The number of hydrogen-bond acceptors (Lipinski definition) is 10. The third kappa shape index (κ3) is 8.15. The van der Waals surface area contributed by atoms with Gasteiger partial charge in [0.15, 0.2) is 5.54 Å². The molecule has 0 spiro atoms. The van der Waals surface area contributed by atoms with Crippen molar-refractivity contribution in [2.45, 2.75) is 134 Å². The SMILES string of the molecule is COC(=O)[C@@]12C[C@@H]1/C=C\CCCCC[C@H](NC(=O)OC1CCCC1)C(=O)N1C[C@H](OC(C)=O)C[C@H]1C(=O)N2C(=O)OC(C)(C)C. The molecule has 1 N–H and O–H groups in total. The largest absolute Gasteiger partial charge is 0.467 e. The van der Waals surface area contributed by atoms with Crippen LogP contribution in [-0.2, 0) is 38.1 Å². The molecule has 0 aromatic heterocycles. The van der Waals surface area contributed by atoms with Gasteiger partial charge in [-0.25, -0.2) is 19.3 Å². The van der Waals surface area contributed by atoms with Crippen molar-refractivity contribution in [2.24, 2.45) is 5.92 Å². The van der Waals surface area contributed by atoms with E-state index in [0.29, 0.717) is 19.3 Å². The summed E-state index contributed by atoms with van der Waals surface area (Å²) >= 11 is 0. The first-order chi connectivity index (χ1) is 21.3. The van der Waals surface area contributed by atoms with Crippen molar-refractivity contribution >= 4 is 35.9 Å². The third-order valence-electron chi connectivity index (χ3n) is 8.78. The molecule has 0 aromatic rings. The quantitative estimate of drug-likeness (QED) is 0.274. The minimum atomic E-state index is -1.66. The number of ether oxygens (including phenoxy) is 4. The van der Waals surface area contributed by atoms with E-state index in [1.807, 2.05) is 12.2 Å². The molecule has 5 atom stereocenters. The highest BCUT2D eigenvalue weighted by molar-refractivity contribution is 6.04. The zero-order valence-corrected chi connectivity index (χ0v) is 27.0. The number of amides is 4. The zero-order valence-electron chi connectivity index (χ0n) is 27.0. The molecule has 2 aliphatic heterocycles. The van der Waals surface area contributed by atoms with Crippen molar-refractivity contribution in [1.82, 2.24) is 15.1 Å². The number of carbonyl (C=O) groups excluding carboxylic acids is 6. The van der Waals surface area contributed by atoms with Gasteiger partial charge < -0.3 is 29.2 Å². The number of esters is 2. The number of nitrogens with one attached hydrogen (secondary N) is 1. The lowest BCUT2D eigenvalue weighted by Crippen LogP contribution is -2.60. The van der Waals surface area contributed by atoms with Crippen molar-refractivity contribution in [3.63, 3.8) is 0 Å². The Bertz CT molecular complexity index is 1190. The first-order valence-electron chi connectivity index (χ1n) is 16.0. The van der Waals surface area contributed by atoms with Crippen molar-refractivity contribution in [3.8, 4) is 0 Å². The van der Waals surface area contributed by atoms with Crippen LogP contribution in [0, 0.1) is 5.92 Å². The van der Waals surface area contributed by atoms with Crippen LogP contribution in [0.1, 0.15) is 98.3 Å². The maximum Gasteiger partial charge on any atom is 0.418 e. The number of carbonyl (C=O) groups is 6. The summed E-state index contributed by atoms with van der Waals surface area (Å²) in [5, 5.41) is 2.72. The average Bonchev–Trinajstić information content (AvgIpc) is 3.24. The molecule has 2 saturated carbocycles. The fourth-order valence-corrected chi connectivity index (χ4v) is 6.60. The predicted molar refractivity (Wildman–Crippen MR) is 159 cm³/mol. The van der Waals surface area contributed by atoms with Gasteiger partial charge in [-0.15, -0.1) is 0 Å². The lowest BCUT2D eigenvalue weighted by molar-refractivity contribution is -0.157. The monoisotopic (exact) mass is 633 g/mol. The lowest BCUT2D eigenvalue weighted by Gasteiger charge is -2.35. The molecule has 13 heteroatoms. The number of imide groups is 1. The second-order valence-electron chi connectivity index (χ2n) is 13.4. The molecule has 0 unspecified atom stereocenters. The van der Waals surface area contributed by atoms with Gasteiger partial charge in [0.2, 0.25) is 5.91 Å². The highest BCUT2D eigenvalue weighted by Gasteiger charge is 2.69. The van der Waals surface area contributed by atoms with Crippen molar-refractivity contribution in [1.29, 1.82) is 0 Å². The van der Waals surface area contributed by atoms with Gasteiger partial charge in [-0.1, -0.05) is 25.0 Å². The van der Waals surface area contributed by atoms with E-state index in [1.54, 1.807) is 20.8 Å². The number of alkyl carbamates (subject to hydrolysis) is 1. The van der Waals surface area contributed by atoms with Crippen LogP contribution in [0.2, 0.25) is 0 Å². The van der Waals surface area contributed by atoms with E-state index >= 15 is 0 Å². The van der Waals surface area contributed by atoms with Crippen molar-refractivity contribution in [3.05, 3.63) is 12.2 Å². The Balaban J connectivity index is 1.73. The number of rotatable bonds is 4. The first-order valence-corrected chi connectivity index (χ1v) is 16.0. The van der Waals surface area contributed by atoms with Gasteiger partial charge in [0.25, 0.3) is 5.91 Å². The standard InChI is InChI=1S/C32H47N3O10/c1-20(36)43-23-17-25-27(38)35(30(41)45-31(2,3)4)32(28(39)42-5)18-21(32)13-9-7-6-8-10-16-24(26(37)34(25)19-23)33-29(40)44-22-14-11-12-15-22/h9,13,21-25H,6-8,10-12,14-19H2,1-5H3,(H,33,40)/b13-9-/t21-,23+,24-,25-,32+/m0/s1. The average molecular weight is 634 g/mol. The van der Waals surface area contributed by atoms with Crippen LogP contribution in [0.5, 0.6) is 0 Å². The smallest absolute Gasteiger partial charge is 0.418 e. The van der Waals surface area contributed by atoms with Gasteiger partial charge in [0.1, 0.15) is 29.9 Å². The molecule has 45 heavy (non-hydrogen) atoms. The van der Waals surface area contributed by atoms with Crippen LogP contribution in [0.25, 0.3) is 0 Å². The molecule has 13 nitrogen and oxygen atoms in total. The van der Waals surface area contributed by atoms with Crippen molar-refractivity contribution in [2.75, 3.05) is 13.7 Å². The maximum atomic E-state index is 14.5. The molecule has 4 aliphatic rings. The number of hydrogen-bond donors (Lipinski definition) is 1. The van der Waals surface area contributed by atoms with Crippen LogP contribution < -0.4 is 5.32 Å². The van der Waals surface area contributed by atoms with E-state index in [9.17, 15) is 28.8 Å². The van der Waals surface area contributed by atoms with Crippen LogP contribution in [0.3, 0.4) is 0 Å². The normalized spacial score (nSPS) is 30.2. The molecule has 0 radical (unpaired) electrons. The van der Waals surface area contributed by atoms with E-state index in [4.69, 9.17) is 18.9 Å². The fourth-order valence-electron chi connectivity index (χ4n) is 6.60. The van der Waals surface area contributed by atoms with Crippen LogP contribution in [0.4, 0.5) is 9.59 Å².